The number of halogens is 2. The van der Waals surface area contributed by atoms with Crippen molar-refractivity contribution < 1.29 is 27.9 Å². The molecule has 0 aliphatic heterocycles. The summed E-state index contributed by atoms with van der Waals surface area (Å²) in [5, 5.41) is 9.66. The first-order valence-corrected chi connectivity index (χ1v) is 6.55. The van der Waals surface area contributed by atoms with E-state index in [1.54, 1.807) is 0 Å². The number of hydroxylamine groups is 2. The van der Waals surface area contributed by atoms with Gasteiger partial charge in [0.05, 0.1) is 6.04 Å². The molecule has 6 nitrogen and oxygen atoms in total. The van der Waals surface area contributed by atoms with Gasteiger partial charge in [-0.15, -0.1) is 0 Å². The highest BCUT2D eigenvalue weighted by Gasteiger charge is 2.12. The van der Waals surface area contributed by atoms with E-state index in [-0.39, 0.29) is 11.7 Å². The topological polar surface area (TPSA) is 88.9 Å². The van der Waals surface area contributed by atoms with Gasteiger partial charge >= 0.3 is 6.03 Å². The molecule has 1 aromatic carbocycles. The Kier molecular flexibility index (Phi) is 4.97. The van der Waals surface area contributed by atoms with E-state index in [9.17, 15) is 18.8 Å². The summed E-state index contributed by atoms with van der Waals surface area (Å²) in [6.45, 7) is 1.54. The number of benzene rings is 1. The highest BCUT2D eigenvalue weighted by molar-refractivity contribution is 5.71. The quantitative estimate of drug-likeness (QED) is 0.650. The average Bonchev–Trinajstić information content (AvgIpc) is 2.94. The second-order valence-corrected chi connectivity index (χ2v) is 4.62. The van der Waals surface area contributed by atoms with Gasteiger partial charge in [0.2, 0.25) is 0 Å². The van der Waals surface area contributed by atoms with Crippen molar-refractivity contribution >= 4 is 12.1 Å². The predicted octanol–water partition coefficient (Wildman–Crippen LogP) is 3.52. The normalized spacial score (nSPS) is 12.3. The second-order valence-electron chi connectivity index (χ2n) is 4.62. The number of primary amides is 1. The zero-order chi connectivity index (χ0) is 17.0. The molecule has 0 fully saturated rings. The van der Waals surface area contributed by atoms with Gasteiger partial charge in [-0.25, -0.2) is 13.6 Å². The van der Waals surface area contributed by atoms with Crippen LogP contribution in [0.2, 0.25) is 0 Å². The Morgan fingerprint density at radius 2 is 2.13 bits per heavy atom. The molecule has 1 unspecified atom stereocenters. The van der Waals surface area contributed by atoms with Crippen molar-refractivity contribution in [1.82, 2.24) is 5.06 Å². The molecule has 1 heterocycles. The molecule has 0 saturated heterocycles. The molecule has 8 heteroatoms. The van der Waals surface area contributed by atoms with Crippen molar-refractivity contribution in [2.45, 2.75) is 13.0 Å². The molecular weight excluding hydrogens is 310 g/mol. The molecule has 122 valence electrons. The number of urea groups is 1. The summed E-state index contributed by atoms with van der Waals surface area (Å²) in [5.74, 6) is -1.41. The van der Waals surface area contributed by atoms with Crippen LogP contribution in [0.1, 0.15) is 12.7 Å². The maximum absolute atomic E-state index is 13.5. The lowest BCUT2D eigenvalue weighted by Crippen LogP contribution is -2.38. The third kappa shape index (κ3) is 4.30. The van der Waals surface area contributed by atoms with Gasteiger partial charge in [0.1, 0.15) is 11.6 Å². The standard InChI is InChI=1S/C15H14F2N2O4/c1-9(19(21)15(18)20)2-4-11-5-7-14(22-11)23-13-6-3-10(16)8-12(13)17/h2-9,21H,1H3,(H2,18,20)/b4-2+. The minimum atomic E-state index is -0.989. The van der Waals surface area contributed by atoms with Gasteiger partial charge in [0, 0.05) is 12.1 Å². The van der Waals surface area contributed by atoms with Gasteiger partial charge in [-0.2, -0.15) is 5.06 Å². The van der Waals surface area contributed by atoms with E-state index in [0.29, 0.717) is 16.9 Å². The number of nitrogens with two attached hydrogens (primary N) is 1. The first-order chi connectivity index (χ1) is 10.9. The second kappa shape index (κ2) is 6.93. The predicted molar refractivity (Wildman–Crippen MR) is 76.8 cm³/mol. The molecule has 3 N–H and O–H groups in total. The first kappa shape index (κ1) is 16.5. The molecular formula is C15H14F2N2O4. The fourth-order valence-electron chi connectivity index (χ4n) is 1.66. The fourth-order valence-corrected chi connectivity index (χ4v) is 1.66. The van der Waals surface area contributed by atoms with Crippen LogP contribution in [0.25, 0.3) is 6.08 Å². The van der Waals surface area contributed by atoms with Crippen molar-refractivity contribution in [3.63, 3.8) is 0 Å². The van der Waals surface area contributed by atoms with Gasteiger partial charge in [-0.1, -0.05) is 6.08 Å². The number of furan rings is 1. The maximum Gasteiger partial charge on any atom is 0.339 e. The molecule has 0 radical (unpaired) electrons. The van der Waals surface area contributed by atoms with E-state index < -0.39 is 23.7 Å². The van der Waals surface area contributed by atoms with Crippen LogP contribution in [0.3, 0.4) is 0 Å². The number of amides is 2. The van der Waals surface area contributed by atoms with Crippen molar-refractivity contribution in [3.8, 4) is 11.7 Å². The minimum Gasteiger partial charge on any atom is -0.426 e. The average molecular weight is 324 g/mol. The zero-order valence-corrected chi connectivity index (χ0v) is 12.1. The van der Waals surface area contributed by atoms with E-state index in [1.807, 2.05) is 0 Å². The van der Waals surface area contributed by atoms with Crippen molar-refractivity contribution in [2.75, 3.05) is 0 Å². The zero-order valence-electron chi connectivity index (χ0n) is 12.1. The maximum atomic E-state index is 13.5. The third-order valence-electron chi connectivity index (χ3n) is 2.86. The molecule has 0 bridgehead atoms. The molecule has 1 aromatic heterocycles. The summed E-state index contributed by atoms with van der Waals surface area (Å²) in [6.07, 6.45) is 2.94. The van der Waals surface area contributed by atoms with Crippen LogP contribution in [0.15, 0.2) is 40.8 Å². The monoisotopic (exact) mass is 324 g/mol. The van der Waals surface area contributed by atoms with E-state index >= 15 is 0 Å². The third-order valence-corrected chi connectivity index (χ3v) is 2.86. The molecule has 0 saturated carbocycles. The van der Waals surface area contributed by atoms with Crippen LogP contribution in [-0.4, -0.2) is 22.3 Å². The molecule has 23 heavy (non-hydrogen) atoms. The number of nitrogens with zero attached hydrogens (tertiary/aromatic N) is 1. The SMILES string of the molecule is CC(/C=C/c1ccc(Oc2ccc(F)cc2F)o1)N(O)C(N)=O. The van der Waals surface area contributed by atoms with E-state index in [1.165, 1.54) is 31.2 Å². The van der Waals surface area contributed by atoms with E-state index in [4.69, 9.17) is 14.9 Å². The van der Waals surface area contributed by atoms with Gasteiger partial charge in [-0.3, -0.25) is 5.21 Å². The van der Waals surface area contributed by atoms with Crippen LogP contribution in [0.5, 0.6) is 11.7 Å². The lowest BCUT2D eigenvalue weighted by molar-refractivity contribution is -0.0560. The molecule has 0 spiro atoms. The lowest BCUT2D eigenvalue weighted by atomic mass is 10.3. The van der Waals surface area contributed by atoms with Crippen LogP contribution in [0, 0.1) is 11.6 Å². The van der Waals surface area contributed by atoms with Crippen LogP contribution in [-0.2, 0) is 0 Å². The summed E-state index contributed by atoms with van der Waals surface area (Å²) in [5.41, 5.74) is 4.92. The molecule has 1 atom stereocenters. The largest absolute Gasteiger partial charge is 0.426 e. The Hall–Kier alpha value is -2.87. The number of hydrogen-bond acceptors (Lipinski definition) is 4. The fraction of sp³-hybridized carbons (Fsp3) is 0.133. The lowest BCUT2D eigenvalue weighted by Gasteiger charge is -2.16. The van der Waals surface area contributed by atoms with Crippen LogP contribution >= 0.6 is 0 Å². The smallest absolute Gasteiger partial charge is 0.339 e. The van der Waals surface area contributed by atoms with Gasteiger partial charge in [-0.05, 0) is 31.2 Å². The van der Waals surface area contributed by atoms with Crippen molar-refractivity contribution in [3.05, 3.63) is 53.8 Å². The molecule has 2 aromatic rings. The number of hydrogen-bond donors (Lipinski definition) is 2. The van der Waals surface area contributed by atoms with E-state index in [2.05, 4.69) is 0 Å². The van der Waals surface area contributed by atoms with Crippen molar-refractivity contribution in [1.29, 1.82) is 0 Å². The van der Waals surface area contributed by atoms with Crippen molar-refractivity contribution in [2.24, 2.45) is 5.73 Å². The summed E-state index contributed by atoms with van der Waals surface area (Å²) in [6, 6.07) is 4.21. The van der Waals surface area contributed by atoms with E-state index in [0.717, 1.165) is 12.1 Å². The first-order valence-electron chi connectivity index (χ1n) is 6.55. The van der Waals surface area contributed by atoms with Gasteiger partial charge < -0.3 is 14.9 Å². The Bertz CT molecular complexity index is 730. The van der Waals surface area contributed by atoms with Gasteiger partial charge in [0.15, 0.2) is 11.6 Å². The van der Waals surface area contributed by atoms with Crippen LogP contribution in [0.4, 0.5) is 13.6 Å². The number of carbonyl (C=O) groups is 1. The highest BCUT2D eigenvalue weighted by atomic mass is 19.1. The number of rotatable bonds is 5. The van der Waals surface area contributed by atoms with Crippen LogP contribution < -0.4 is 10.5 Å². The summed E-state index contributed by atoms with van der Waals surface area (Å²) >= 11 is 0. The Balaban J connectivity index is 2.04. The number of ether oxygens (including phenoxy) is 1. The molecule has 2 rings (SSSR count). The minimum absolute atomic E-state index is 0.00133. The summed E-state index contributed by atoms with van der Waals surface area (Å²) in [4.78, 5) is 10.8. The highest BCUT2D eigenvalue weighted by Crippen LogP contribution is 2.27. The number of carbonyl (C=O) groups excluding carboxylic acids is 1. The molecule has 2 amide bonds. The molecule has 0 aliphatic rings. The Morgan fingerprint density at radius 1 is 1.39 bits per heavy atom. The molecule has 0 aliphatic carbocycles. The Morgan fingerprint density at radius 3 is 2.78 bits per heavy atom. The Labute approximate surface area is 130 Å². The summed E-state index contributed by atoms with van der Waals surface area (Å²) in [7, 11) is 0. The summed E-state index contributed by atoms with van der Waals surface area (Å²) < 4.78 is 36.7. The van der Waals surface area contributed by atoms with Gasteiger partial charge in [0.25, 0.3) is 5.95 Å².